The molecule has 1 unspecified atom stereocenters. The predicted molar refractivity (Wildman–Crippen MR) is 135 cm³/mol. The minimum absolute atomic E-state index is 0. The SMILES string of the molecule is CN=C(NCC1CCN(S(C)(=O)=O)CC1)NC1CCCN(c2cc(C)ccc2F)C1.I. The van der Waals surface area contributed by atoms with Crippen LogP contribution in [-0.4, -0.2) is 70.8 Å². The van der Waals surface area contributed by atoms with E-state index >= 15 is 0 Å². The lowest BCUT2D eigenvalue weighted by Crippen LogP contribution is -2.52. The summed E-state index contributed by atoms with van der Waals surface area (Å²) < 4.78 is 39.2. The first kappa shape index (κ1) is 26.1. The molecule has 2 N–H and O–H groups in total. The van der Waals surface area contributed by atoms with Crippen molar-refractivity contribution in [3.05, 3.63) is 29.6 Å². The molecule has 0 spiro atoms. The summed E-state index contributed by atoms with van der Waals surface area (Å²) in [4.78, 5) is 6.45. The van der Waals surface area contributed by atoms with Gasteiger partial charge in [-0.05, 0) is 56.2 Å². The Labute approximate surface area is 202 Å². The van der Waals surface area contributed by atoms with E-state index in [4.69, 9.17) is 0 Å². The van der Waals surface area contributed by atoms with E-state index in [1.165, 1.54) is 12.3 Å². The summed E-state index contributed by atoms with van der Waals surface area (Å²) in [6, 6.07) is 5.44. The quantitative estimate of drug-likeness (QED) is 0.325. The molecule has 1 aromatic carbocycles. The largest absolute Gasteiger partial charge is 0.367 e. The zero-order valence-electron chi connectivity index (χ0n) is 18.6. The molecule has 0 aliphatic carbocycles. The number of sulfonamides is 1. The van der Waals surface area contributed by atoms with Crippen LogP contribution in [0.25, 0.3) is 0 Å². The fraction of sp³-hybridized carbons (Fsp3) is 0.667. The molecule has 31 heavy (non-hydrogen) atoms. The van der Waals surface area contributed by atoms with Crippen molar-refractivity contribution >= 4 is 45.6 Å². The first-order valence-electron chi connectivity index (χ1n) is 10.7. The summed E-state index contributed by atoms with van der Waals surface area (Å²) >= 11 is 0. The topological polar surface area (TPSA) is 77.0 Å². The van der Waals surface area contributed by atoms with Crippen LogP contribution in [-0.2, 0) is 10.0 Å². The number of rotatable bonds is 5. The van der Waals surface area contributed by atoms with Gasteiger partial charge in [-0.25, -0.2) is 17.1 Å². The molecule has 0 bridgehead atoms. The van der Waals surface area contributed by atoms with Gasteiger partial charge in [0.25, 0.3) is 0 Å². The number of aryl methyl sites for hydroxylation is 1. The minimum atomic E-state index is -3.09. The van der Waals surface area contributed by atoms with Crippen LogP contribution in [0.3, 0.4) is 0 Å². The molecule has 0 saturated carbocycles. The second kappa shape index (κ2) is 11.6. The lowest BCUT2D eigenvalue weighted by atomic mass is 9.98. The van der Waals surface area contributed by atoms with E-state index < -0.39 is 10.0 Å². The molecule has 2 heterocycles. The van der Waals surface area contributed by atoms with Crippen LogP contribution in [0.1, 0.15) is 31.2 Å². The van der Waals surface area contributed by atoms with Crippen molar-refractivity contribution in [2.75, 3.05) is 50.9 Å². The van der Waals surface area contributed by atoms with Gasteiger partial charge in [0.2, 0.25) is 10.0 Å². The van der Waals surface area contributed by atoms with Crippen LogP contribution in [0.2, 0.25) is 0 Å². The molecule has 10 heteroatoms. The minimum Gasteiger partial charge on any atom is -0.367 e. The second-order valence-electron chi connectivity index (χ2n) is 8.44. The smallest absolute Gasteiger partial charge is 0.211 e. The van der Waals surface area contributed by atoms with Crippen molar-refractivity contribution in [2.45, 2.75) is 38.6 Å². The first-order valence-corrected chi connectivity index (χ1v) is 12.5. The third-order valence-electron chi connectivity index (χ3n) is 6.03. The lowest BCUT2D eigenvalue weighted by molar-refractivity contribution is 0.274. The molecule has 176 valence electrons. The Morgan fingerprint density at radius 1 is 1.23 bits per heavy atom. The van der Waals surface area contributed by atoms with Crippen LogP contribution in [0.15, 0.2) is 23.2 Å². The Kier molecular flexibility index (Phi) is 9.81. The highest BCUT2D eigenvalue weighted by atomic mass is 127. The number of hydrogen-bond acceptors (Lipinski definition) is 4. The Bertz CT molecular complexity index is 859. The van der Waals surface area contributed by atoms with Crippen molar-refractivity contribution in [3.63, 3.8) is 0 Å². The molecular formula is C21H35FIN5O2S. The van der Waals surface area contributed by atoms with E-state index in [0.717, 1.165) is 56.8 Å². The number of aliphatic imine (C=N–C) groups is 1. The van der Waals surface area contributed by atoms with Crippen molar-refractivity contribution in [2.24, 2.45) is 10.9 Å². The average Bonchev–Trinajstić information content (AvgIpc) is 2.72. The third-order valence-corrected chi connectivity index (χ3v) is 7.33. The van der Waals surface area contributed by atoms with Gasteiger partial charge in [-0.15, -0.1) is 24.0 Å². The summed E-state index contributed by atoms with van der Waals surface area (Å²) in [5.74, 6) is 0.993. The van der Waals surface area contributed by atoms with Gasteiger partial charge in [0, 0.05) is 45.8 Å². The van der Waals surface area contributed by atoms with Gasteiger partial charge in [0.05, 0.1) is 11.9 Å². The Balaban J connectivity index is 0.00000341. The van der Waals surface area contributed by atoms with Gasteiger partial charge >= 0.3 is 0 Å². The molecule has 0 aromatic heterocycles. The zero-order valence-corrected chi connectivity index (χ0v) is 21.8. The summed E-state index contributed by atoms with van der Waals surface area (Å²) in [5.41, 5.74) is 1.72. The highest BCUT2D eigenvalue weighted by Gasteiger charge is 2.26. The highest BCUT2D eigenvalue weighted by Crippen LogP contribution is 2.24. The van der Waals surface area contributed by atoms with E-state index in [2.05, 4.69) is 20.5 Å². The third kappa shape index (κ3) is 7.45. The normalized spacial score (nSPS) is 21.5. The average molecular weight is 568 g/mol. The second-order valence-corrected chi connectivity index (χ2v) is 10.4. The number of guanidine groups is 1. The van der Waals surface area contributed by atoms with Gasteiger partial charge in [0.15, 0.2) is 5.96 Å². The molecule has 2 saturated heterocycles. The van der Waals surface area contributed by atoms with E-state index in [-0.39, 0.29) is 35.8 Å². The molecule has 1 aromatic rings. The van der Waals surface area contributed by atoms with Crippen LogP contribution in [0.5, 0.6) is 0 Å². The van der Waals surface area contributed by atoms with Crippen molar-refractivity contribution in [1.82, 2.24) is 14.9 Å². The van der Waals surface area contributed by atoms with Gasteiger partial charge in [0.1, 0.15) is 5.82 Å². The molecule has 2 aliphatic heterocycles. The number of hydrogen-bond donors (Lipinski definition) is 2. The monoisotopic (exact) mass is 567 g/mol. The number of piperidine rings is 2. The standard InChI is InChI=1S/C21H34FN5O2S.HI/c1-16-6-7-19(22)20(13-16)26-10-4-5-18(15-26)25-21(23-2)24-14-17-8-11-27(12-9-17)30(3,28)29;/h6-7,13,17-18H,4-5,8-12,14-15H2,1-3H3,(H2,23,24,25);1H. The summed E-state index contributed by atoms with van der Waals surface area (Å²) in [6.45, 7) is 5.49. The summed E-state index contributed by atoms with van der Waals surface area (Å²) in [5, 5.41) is 6.87. The number of nitrogens with one attached hydrogen (secondary N) is 2. The van der Waals surface area contributed by atoms with Crippen molar-refractivity contribution in [1.29, 1.82) is 0 Å². The van der Waals surface area contributed by atoms with Gasteiger partial charge in [-0.2, -0.15) is 0 Å². The zero-order chi connectivity index (χ0) is 21.7. The number of nitrogens with zero attached hydrogens (tertiary/aromatic N) is 3. The first-order chi connectivity index (χ1) is 14.3. The molecule has 2 fully saturated rings. The number of benzene rings is 1. The van der Waals surface area contributed by atoms with Crippen LogP contribution >= 0.6 is 24.0 Å². The maximum Gasteiger partial charge on any atom is 0.211 e. The Morgan fingerprint density at radius 3 is 2.58 bits per heavy atom. The van der Waals surface area contributed by atoms with E-state index in [1.807, 2.05) is 13.0 Å². The Morgan fingerprint density at radius 2 is 1.94 bits per heavy atom. The lowest BCUT2D eigenvalue weighted by Gasteiger charge is -2.36. The summed E-state index contributed by atoms with van der Waals surface area (Å²) in [6.07, 6.45) is 4.97. The summed E-state index contributed by atoms with van der Waals surface area (Å²) in [7, 11) is -1.34. The molecule has 0 radical (unpaired) electrons. The number of anilines is 1. The molecular weight excluding hydrogens is 532 g/mol. The van der Waals surface area contributed by atoms with Crippen molar-refractivity contribution in [3.8, 4) is 0 Å². The Hall–Kier alpha value is -1.14. The maximum absolute atomic E-state index is 14.3. The van der Waals surface area contributed by atoms with Crippen LogP contribution < -0.4 is 15.5 Å². The molecule has 1 atom stereocenters. The van der Waals surface area contributed by atoms with Gasteiger partial charge in [-0.1, -0.05) is 6.07 Å². The van der Waals surface area contributed by atoms with E-state index in [0.29, 0.717) is 24.7 Å². The molecule has 3 rings (SSSR count). The molecule has 2 aliphatic rings. The van der Waals surface area contributed by atoms with E-state index in [9.17, 15) is 12.8 Å². The molecule has 0 amide bonds. The number of halogens is 2. The van der Waals surface area contributed by atoms with Crippen LogP contribution in [0, 0.1) is 18.7 Å². The predicted octanol–water partition coefficient (Wildman–Crippen LogP) is 2.56. The van der Waals surface area contributed by atoms with Crippen LogP contribution in [0.4, 0.5) is 10.1 Å². The maximum atomic E-state index is 14.3. The van der Waals surface area contributed by atoms with Crippen molar-refractivity contribution < 1.29 is 12.8 Å². The fourth-order valence-corrected chi connectivity index (χ4v) is 5.13. The highest BCUT2D eigenvalue weighted by molar-refractivity contribution is 14.0. The van der Waals surface area contributed by atoms with Gasteiger partial charge in [-0.3, -0.25) is 4.99 Å². The molecule has 7 nitrogen and oxygen atoms in total. The van der Waals surface area contributed by atoms with Gasteiger partial charge < -0.3 is 15.5 Å². The fourth-order valence-electron chi connectivity index (χ4n) is 4.25. The van der Waals surface area contributed by atoms with E-state index in [1.54, 1.807) is 17.4 Å².